The maximum atomic E-state index is 13.8. The van der Waals surface area contributed by atoms with Gasteiger partial charge in [-0.15, -0.1) is 13.2 Å². The number of nitrogens with zero attached hydrogens (tertiary/aromatic N) is 3. The van der Waals surface area contributed by atoms with Gasteiger partial charge in [0.25, 0.3) is 0 Å². The van der Waals surface area contributed by atoms with Gasteiger partial charge >= 0.3 is 30.4 Å². The quantitative estimate of drug-likeness (QED) is 0.186. The second kappa shape index (κ2) is 11.6. The van der Waals surface area contributed by atoms with E-state index in [0.717, 1.165) is 54.6 Å². The minimum Gasteiger partial charge on any atom is -0.462 e. The number of hydrazone groups is 1. The number of amides is 3. The van der Waals surface area contributed by atoms with Crippen LogP contribution in [0.5, 0.6) is 5.75 Å². The first-order valence-electron chi connectivity index (χ1n) is 12.2. The summed E-state index contributed by atoms with van der Waals surface area (Å²) in [5.74, 6) is -3.61. The highest BCUT2D eigenvalue weighted by Crippen LogP contribution is 2.39. The molecule has 3 aromatic rings. The Morgan fingerprint density at radius 3 is 2.12 bits per heavy atom. The first-order valence-corrected chi connectivity index (χ1v) is 12.5. The number of rotatable bonds is 4. The lowest BCUT2D eigenvalue weighted by atomic mass is 9.76. The van der Waals surface area contributed by atoms with Crippen LogP contribution in [0.2, 0.25) is 5.02 Å². The van der Waals surface area contributed by atoms with Crippen molar-refractivity contribution in [2.45, 2.75) is 24.9 Å². The zero-order chi connectivity index (χ0) is 31.7. The number of hydrogen-bond donors (Lipinski definition) is 0. The van der Waals surface area contributed by atoms with Gasteiger partial charge in [-0.25, -0.2) is 19.5 Å². The third-order valence-corrected chi connectivity index (χ3v) is 6.78. The van der Waals surface area contributed by atoms with Crippen molar-refractivity contribution in [2.24, 2.45) is 5.10 Å². The number of imide groups is 1. The summed E-state index contributed by atoms with van der Waals surface area (Å²) in [4.78, 5) is 39.3. The van der Waals surface area contributed by atoms with Crippen LogP contribution in [0, 0.1) is 0 Å². The zero-order valence-electron chi connectivity index (χ0n) is 22.2. The number of anilines is 1. The number of carbonyl (C=O) groups excluding carboxylic acids is 3. The average molecular weight is 628 g/mol. The molecule has 1 atom stereocenters. The van der Waals surface area contributed by atoms with Crippen LogP contribution in [-0.2, 0) is 25.9 Å². The second-order valence-electron chi connectivity index (χ2n) is 9.35. The van der Waals surface area contributed by atoms with E-state index in [1.54, 1.807) is 37.3 Å². The minimum absolute atomic E-state index is 0.113. The topological polar surface area (TPSA) is 88.5 Å². The summed E-state index contributed by atoms with van der Waals surface area (Å²) in [6.07, 6.45) is -9.74. The zero-order valence-corrected chi connectivity index (χ0v) is 22.9. The lowest BCUT2D eigenvalue weighted by molar-refractivity contribution is -0.274. The third-order valence-electron chi connectivity index (χ3n) is 6.47. The summed E-state index contributed by atoms with van der Waals surface area (Å²) in [7, 11) is 0.885. The molecule has 1 aliphatic rings. The van der Waals surface area contributed by atoms with Crippen molar-refractivity contribution < 1.29 is 50.2 Å². The molecule has 0 fully saturated rings. The molecule has 8 nitrogen and oxygen atoms in total. The number of carbonyl (C=O) groups is 3. The van der Waals surface area contributed by atoms with Crippen LogP contribution >= 0.6 is 11.6 Å². The van der Waals surface area contributed by atoms with Gasteiger partial charge in [-0.3, -0.25) is 4.79 Å². The number of halogens is 7. The first kappa shape index (κ1) is 31.3. The van der Waals surface area contributed by atoms with E-state index in [2.05, 4.69) is 14.6 Å². The molecule has 43 heavy (non-hydrogen) atoms. The van der Waals surface area contributed by atoms with E-state index in [1.165, 1.54) is 0 Å². The van der Waals surface area contributed by atoms with Crippen LogP contribution in [0.25, 0.3) is 0 Å². The van der Waals surface area contributed by atoms with E-state index >= 15 is 0 Å². The van der Waals surface area contributed by atoms with E-state index in [1.807, 2.05) is 0 Å². The second-order valence-corrected chi connectivity index (χ2v) is 9.76. The molecule has 3 amide bonds. The number of benzene rings is 3. The van der Waals surface area contributed by atoms with Gasteiger partial charge in [0.05, 0.1) is 41.1 Å². The third kappa shape index (κ3) is 6.58. The average Bonchev–Trinajstić information content (AvgIpc) is 3.31. The molecular formula is C28H20ClF6N3O5. The number of urea groups is 1. The number of methoxy groups -OCH3 is 1. The molecule has 3 aromatic carbocycles. The Labute approximate surface area is 245 Å². The molecule has 15 heteroatoms. The molecular weight excluding hydrogens is 608 g/mol. The van der Waals surface area contributed by atoms with Crippen molar-refractivity contribution in [2.75, 3.05) is 18.6 Å². The molecule has 4 rings (SSSR count). The van der Waals surface area contributed by atoms with Crippen molar-refractivity contribution >= 4 is 40.9 Å². The standard InChI is InChI=1S/C28H20ClF6N3O5/c1-26(17-6-4-3-5-7-17)15-37(36-22(26)16-8-13-20(21(29)14-16)27(30,31)32)25(41)38(23(39)24(40)42-2)18-9-11-19(12-10-18)43-28(33,34)35/h3-14H,15H2,1-2H3. The number of hydrogen-bond acceptors (Lipinski definition) is 6. The molecule has 1 unspecified atom stereocenters. The fourth-order valence-corrected chi connectivity index (χ4v) is 4.75. The van der Waals surface area contributed by atoms with Gasteiger partial charge < -0.3 is 9.47 Å². The summed E-state index contributed by atoms with van der Waals surface area (Å²) in [6, 6.07) is 13.8. The molecule has 0 saturated carbocycles. The summed E-state index contributed by atoms with van der Waals surface area (Å²) in [5.41, 5.74) is -1.72. The molecule has 0 saturated heterocycles. The number of ether oxygens (including phenoxy) is 2. The Kier molecular flexibility index (Phi) is 8.45. The Balaban J connectivity index is 1.80. The van der Waals surface area contributed by atoms with E-state index in [0.29, 0.717) is 10.5 Å². The summed E-state index contributed by atoms with van der Waals surface area (Å²) >= 11 is 5.97. The van der Waals surface area contributed by atoms with Crippen molar-refractivity contribution in [3.8, 4) is 5.75 Å². The molecule has 0 N–H and O–H groups in total. The highest BCUT2D eigenvalue weighted by molar-refractivity contribution is 6.43. The number of esters is 1. The fraction of sp³-hybridized carbons (Fsp3) is 0.214. The highest BCUT2D eigenvalue weighted by Gasteiger charge is 2.46. The van der Waals surface area contributed by atoms with Crippen LogP contribution in [0.1, 0.15) is 23.6 Å². The van der Waals surface area contributed by atoms with Gasteiger partial charge in [-0.2, -0.15) is 18.3 Å². The van der Waals surface area contributed by atoms with Crippen LogP contribution in [0.3, 0.4) is 0 Å². The minimum atomic E-state index is -5.01. The molecule has 0 aromatic heterocycles. The van der Waals surface area contributed by atoms with Crippen LogP contribution in [0.4, 0.5) is 36.8 Å². The highest BCUT2D eigenvalue weighted by atomic mass is 35.5. The van der Waals surface area contributed by atoms with Crippen LogP contribution in [-0.4, -0.2) is 48.6 Å². The van der Waals surface area contributed by atoms with Crippen LogP contribution in [0.15, 0.2) is 77.9 Å². The lowest BCUT2D eigenvalue weighted by Crippen LogP contribution is -2.48. The van der Waals surface area contributed by atoms with Crippen LogP contribution < -0.4 is 9.64 Å². The van der Waals surface area contributed by atoms with E-state index < -0.39 is 52.2 Å². The predicted octanol–water partition coefficient (Wildman–Crippen LogP) is 6.56. The van der Waals surface area contributed by atoms with Crippen molar-refractivity contribution in [1.82, 2.24) is 5.01 Å². The molecule has 0 radical (unpaired) electrons. The molecule has 0 aliphatic carbocycles. The Morgan fingerprint density at radius 1 is 0.953 bits per heavy atom. The Bertz CT molecular complexity index is 1580. The smallest absolute Gasteiger partial charge is 0.462 e. The van der Waals surface area contributed by atoms with E-state index in [-0.39, 0.29) is 23.5 Å². The SMILES string of the molecule is COC(=O)C(=O)N(C(=O)N1CC(C)(c2ccccc2)C(c2ccc(C(F)(F)F)c(Cl)c2)=N1)c1ccc(OC(F)(F)F)cc1. The van der Waals surface area contributed by atoms with E-state index in [4.69, 9.17) is 11.6 Å². The van der Waals surface area contributed by atoms with Gasteiger partial charge in [-0.05, 0) is 48.9 Å². The monoisotopic (exact) mass is 627 g/mol. The maximum Gasteiger partial charge on any atom is 0.573 e. The summed E-state index contributed by atoms with van der Waals surface area (Å²) in [6.45, 7) is 1.40. The fourth-order valence-electron chi connectivity index (χ4n) is 4.46. The maximum absolute atomic E-state index is 13.8. The Morgan fingerprint density at radius 2 is 1.58 bits per heavy atom. The van der Waals surface area contributed by atoms with Gasteiger partial charge in [0.1, 0.15) is 5.75 Å². The Hall–Kier alpha value is -4.59. The lowest BCUT2D eigenvalue weighted by Gasteiger charge is -2.28. The predicted molar refractivity (Wildman–Crippen MR) is 142 cm³/mol. The summed E-state index contributed by atoms with van der Waals surface area (Å²) < 4.78 is 86.2. The van der Waals surface area contributed by atoms with Gasteiger partial charge in [0.2, 0.25) is 0 Å². The normalized spacial score (nSPS) is 16.9. The van der Waals surface area contributed by atoms with Gasteiger partial charge in [-0.1, -0.05) is 48.0 Å². The van der Waals surface area contributed by atoms with Gasteiger partial charge in [0.15, 0.2) is 0 Å². The molecule has 0 bridgehead atoms. The number of alkyl halides is 6. The molecule has 1 aliphatic heterocycles. The largest absolute Gasteiger partial charge is 0.573 e. The van der Waals surface area contributed by atoms with E-state index in [9.17, 15) is 40.7 Å². The molecule has 1 heterocycles. The molecule has 0 spiro atoms. The summed E-state index contributed by atoms with van der Waals surface area (Å²) in [5, 5.41) is 4.54. The van der Waals surface area contributed by atoms with Gasteiger partial charge in [0, 0.05) is 5.56 Å². The van der Waals surface area contributed by atoms with Crippen molar-refractivity contribution in [3.63, 3.8) is 0 Å². The van der Waals surface area contributed by atoms with Crippen molar-refractivity contribution in [1.29, 1.82) is 0 Å². The molecule has 226 valence electrons. The first-order chi connectivity index (χ1) is 20.0. The van der Waals surface area contributed by atoms with Crippen molar-refractivity contribution in [3.05, 3.63) is 94.5 Å².